The molecule has 0 radical (unpaired) electrons. The van der Waals surface area contributed by atoms with Crippen LogP contribution in [0, 0.1) is 0 Å². The highest BCUT2D eigenvalue weighted by atomic mass is 16.3. The molecule has 1 heterocycles. The lowest BCUT2D eigenvalue weighted by atomic mass is 10.1. The van der Waals surface area contributed by atoms with Gasteiger partial charge >= 0.3 is 0 Å². The van der Waals surface area contributed by atoms with Crippen molar-refractivity contribution in [1.82, 2.24) is 0 Å². The van der Waals surface area contributed by atoms with Crippen molar-refractivity contribution in [2.75, 3.05) is 0 Å². The van der Waals surface area contributed by atoms with Gasteiger partial charge in [-0.1, -0.05) is 6.92 Å². The molecule has 1 N–H and O–H groups in total. The maximum Gasteiger partial charge on any atom is 0.213 e. The van der Waals surface area contributed by atoms with E-state index in [1.54, 1.807) is 0 Å². The molecule has 3 nitrogen and oxygen atoms in total. The van der Waals surface area contributed by atoms with Gasteiger partial charge in [-0.2, -0.15) is 10.2 Å². The van der Waals surface area contributed by atoms with Gasteiger partial charge in [-0.05, 0) is 13.3 Å². The van der Waals surface area contributed by atoms with E-state index in [9.17, 15) is 0 Å². The van der Waals surface area contributed by atoms with Gasteiger partial charge in [0, 0.05) is 0 Å². The lowest BCUT2D eigenvalue weighted by Gasteiger charge is -2.08. The average Bonchev–Trinajstić information content (AvgIpc) is 2.47. The van der Waals surface area contributed by atoms with Crippen LogP contribution in [0.25, 0.3) is 0 Å². The van der Waals surface area contributed by atoms with Gasteiger partial charge in [0.15, 0.2) is 0 Å². The Kier molecular flexibility index (Phi) is 1.08. The van der Waals surface area contributed by atoms with E-state index < -0.39 is 5.66 Å². The molecule has 0 aliphatic carbocycles. The van der Waals surface area contributed by atoms with Crippen LogP contribution in [0.4, 0.5) is 0 Å². The second-order valence-corrected chi connectivity index (χ2v) is 2.22. The molecule has 3 heteroatoms. The fourth-order valence-corrected chi connectivity index (χ4v) is 0.599. The first-order chi connectivity index (χ1) is 3.69. The van der Waals surface area contributed by atoms with Crippen LogP contribution in [0.2, 0.25) is 0 Å². The molecule has 1 atom stereocenters. The number of hydrogen-bond donors (Lipinski definition) is 1. The molecular formula is C5H10N2O. The van der Waals surface area contributed by atoms with E-state index in [1.807, 2.05) is 13.8 Å². The van der Waals surface area contributed by atoms with E-state index in [0.29, 0.717) is 0 Å². The van der Waals surface area contributed by atoms with Gasteiger partial charge in [0.2, 0.25) is 5.66 Å². The first kappa shape index (κ1) is 5.69. The Morgan fingerprint density at radius 2 is 2.12 bits per heavy atom. The molecule has 0 saturated carbocycles. The van der Waals surface area contributed by atoms with Crippen LogP contribution < -0.4 is 0 Å². The van der Waals surface area contributed by atoms with Crippen molar-refractivity contribution in [3.05, 3.63) is 0 Å². The van der Waals surface area contributed by atoms with Crippen molar-refractivity contribution >= 4 is 0 Å². The maximum absolute atomic E-state index is 9.07. The highest BCUT2D eigenvalue weighted by molar-refractivity contribution is 4.94. The van der Waals surface area contributed by atoms with Gasteiger partial charge < -0.3 is 5.11 Å². The molecule has 0 aromatic heterocycles. The van der Waals surface area contributed by atoms with Crippen molar-refractivity contribution in [3.8, 4) is 0 Å². The minimum atomic E-state index is -0.436. The first-order valence-electron chi connectivity index (χ1n) is 2.81. The van der Waals surface area contributed by atoms with Gasteiger partial charge in [-0.3, -0.25) is 0 Å². The summed E-state index contributed by atoms with van der Waals surface area (Å²) in [6.07, 6.45) is 0.353. The molecule has 0 aromatic rings. The Balaban J connectivity index is 2.36. The summed E-state index contributed by atoms with van der Waals surface area (Å²) in [5.41, 5.74) is -0.436. The van der Waals surface area contributed by atoms with Crippen LogP contribution in [-0.2, 0) is 0 Å². The molecule has 0 amide bonds. The normalized spacial score (nSPS) is 25.4. The van der Waals surface area contributed by atoms with Gasteiger partial charge in [-0.15, -0.1) is 0 Å². The summed E-state index contributed by atoms with van der Waals surface area (Å²) in [4.78, 5) is 0. The van der Waals surface area contributed by atoms with Crippen LogP contribution in [0.5, 0.6) is 0 Å². The average molecular weight is 114 g/mol. The summed E-state index contributed by atoms with van der Waals surface area (Å²) in [6, 6.07) is 0. The molecule has 8 heavy (non-hydrogen) atoms. The Morgan fingerprint density at radius 3 is 2.25 bits per heavy atom. The van der Waals surface area contributed by atoms with E-state index in [0.717, 1.165) is 6.42 Å². The molecule has 0 bridgehead atoms. The molecule has 1 aliphatic rings. The molecular weight excluding hydrogens is 104 g/mol. The van der Waals surface area contributed by atoms with Gasteiger partial charge in [0.05, 0.1) is 0 Å². The minimum absolute atomic E-state index is 0.373. The number of aliphatic hydroxyl groups excluding tert-OH is 1. The summed E-state index contributed by atoms with van der Waals surface area (Å²) < 4.78 is 0. The van der Waals surface area contributed by atoms with Crippen molar-refractivity contribution in [2.45, 2.75) is 32.0 Å². The summed E-state index contributed by atoms with van der Waals surface area (Å²) >= 11 is 0. The fourth-order valence-electron chi connectivity index (χ4n) is 0.599. The summed E-state index contributed by atoms with van der Waals surface area (Å²) in [5.74, 6) is 0. The monoisotopic (exact) mass is 114 g/mol. The van der Waals surface area contributed by atoms with Crippen molar-refractivity contribution in [3.63, 3.8) is 0 Å². The minimum Gasteiger partial charge on any atom is -0.388 e. The molecule has 0 fully saturated rings. The van der Waals surface area contributed by atoms with E-state index in [4.69, 9.17) is 5.11 Å². The summed E-state index contributed by atoms with van der Waals surface area (Å²) in [5, 5.41) is 16.4. The third-order valence-corrected chi connectivity index (χ3v) is 1.43. The Bertz CT molecular complexity index is 116. The third-order valence-electron chi connectivity index (χ3n) is 1.43. The van der Waals surface area contributed by atoms with Crippen LogP contribution >= 0.6 is 0 Å². The second-order valence-electron chi connectivity index (χ2n) is 2.22. The van der Waals surface area contributed by atoms with Crippen LogP contribution in [0.3, 0.4) is 0 Å². The van der Waals surface area contributed by atoms with Crippen molar-refractivity contribution in [2.24, 2.45) is 10.2 Å². The number of aliphatic hydroxyl groups is 1. The predicted octanol–water partition coefficient (Wildman–Crippen LogP) is 0.939. The SMILES string of the molecule is CCC(O)C1(C)N=N1. The molecule has 0 saturated heterocycles. The largest absolute Gasteiger partial charge is 0.388 e. The quantitative estimate of drug-likeness (QED) is 0.570. The van der Waals surface area contributed by atoms with Crippen LogP contribution in [-0.4, -0.2) is 16.9 Å². The summed E-state index contributed by atoms with van der Waals surface area (Å²) in [7, 11) is 0. The van der Waals surface area contributed by atoms with E-state index in [-0.39, 0.29) is 6.10 Å². The Morgan fingerprint density at radius 1 is 1.62 bits per heavy atom. The molecule has 0 aromatic carbocycles. The second kappa shape index (κ2) is 1.52. The number of hydrogen-bond acceptors (Lipinski definition) is 3. The van der Waals surface area contributed by atoms with E-state index in [2.05, 4.69) is 10.2 Å². The molecule has 1 aliphatic heterocycles. The molecule has 0 spiro atoms. The van der Waals surface area contributed by atoms with E-state index >= 15 is 0 Å². The smallest absolute Gasteiger partial charge is 0.213 e. The van der Waals surface area contributed by atoms with Gasteiger partial charge in [-0.25, -0.2) is 0 Å². The maximum atomic E-state index is 9.07. The van der Waals surface area contributed by atoms with E-state index in [1.165, 1.54) is 0 Å². The number of nitrogens with zero attached hydrogens (tertiary/aromatic N) is 2. The Hall–Kier alpha value is -0.440. The Labute approximate surface area is 48.4 Å². The number of rotatable bonds is 2. The van der Waals surface area contributed by atoms with Crippen LogP contribution in [0.1, 0.15) is 20.3 Å². The van der Waals surface area contributed by atoms with Gasteiger partial charge in [0.1, 0.15) is 6.10 Å². The highest BCUT2D eigenvalue weighted by Crippen LogP contribution is 2.31. The lowest BCUT2D eigenvalue weighted by molar-refractivity contribution is 0.127. The van der Waals surface area contributed by atoms with Crippen molar-refractivity contribution < 1.29 is 5.11 Å². The highest BCUT2D eigenvalue weighted by Gasteiger charge is 2.40. The van der Waals surface area contributed by atoms with Crippen LogP contribution in [0.15, 0.2) is 10.2 Å². The standard InChI is InChI=1S/C5H10N2O/c1-3-4(8)5(2)6-7-5/h4,8H,3H2,1-2H3. The zero-order valence-corrected chi connectivity index (χ0v) is 5.13. The topological polar surface area (TPSA) is 45.0 Å². The summed E-state index contributed by atoms with van der Waals surface area (Å²) in [6.45, 7) is 3.74. The lowest BCUT2D eigenvalue weighted by Crippen LogP contribution is -2.24. The fraction of sp³-hybridized carbons (Fsp3) is 1.00. The van der Waals surface area contributed by atoms with Crippen molar-refractivity contribution in [1.29, 1.82) is 0 Å². The molecule has 46 valence electrons. The molecule has 1 unspecified atom stereocenters. The zero-order chi connectivity index (χ0) is 6.20. The molecule has 1 rings (SSSR count). The third kappa shape index (κ3) is 0.733. The predicted molar refractivity (Wildman–Crippen MR) is 29.6 cm³/mol. The first-order valence-corrected chi connectivity index (χ1v) is 2.81. The van der Waals surface area contributed by atoms with Gasteiger partial charge in [0.25, 0.3) is 0 Å². The zero-order valence-electron chi connectivity index (χ0n) is 5.13.